The number of carbonyl (C=O) groups is 3. The van der Waals surface area contributed by atoms with E-state index in [9.17, 15) is 18.8 Å². The molecule has 1 aromatic carbocycles. The maximum Gasteiger partial charge on any atom is 0.328 e. The fourth-order valence-electron chi connectivity index (χ4n) is 2.27. The monoisotopic (exact) mass is 350 g/mol. The number of esters is 1. The maximum atomic E-state index is 13.0. The summed E-state index contributed by atoms with van der Waals surface area (Å²) in [4.78, 5) is 35.7. The summed E-state index contributed by atoms with van der Waals surface area (Å²) < 4.78 is 17.7. The Balaban J connectivity index is 2.90. The quantitative estimate of drug-likeness (QED) is 0.550. The highest BCUT2D eigenvalue weighted by atomic mass is 19.1. The number of amides is 2. The van der Waals surface area contributed by atoms with Crippen molar-refractivity contribution < 1.29 is 23.5 Å². The van der Waals surface area contributed by atoms with Crippen LogP contribution in [0.5, 0.6) is 0 Å². The van der Waals surface area contributed by atoms with E-state index < -0.39 is 35.7 Å². The van der Waals surface area contributed by atoms with Gasteiger partial charge in [-0.1, -0.05) is 17.7 Å². The fraction of sp³-hybridized carbons (Fsp3) is 0.389. The highest BCUT2D eigenvalue weighted by Crippen LogP contribution is 2.08. The van der Waals surface area contributed by atoms with Crippen LogP contribution in [-0.2, 0) is 25.5 Å². The molecule has 0 unspecified atom stereocenters. The second-order valence-corrected chi connectivity index (χ2v) is 5.83. The summed E-state index contributed by atoms with van der Waals surface area (Å²) in [6, 6.07) is 3.82. The molecule has 0 spiro atoms. The van der Waals surface area contributed by atoms with Gasteiger partial charge in [-0.3, -0.25) is 9.59 Å². The topological polar surface area (TPSA) is 84.5 Å². The van der Waals surface area contributed by atoms with Crippen LogP contribution >= 0.6 is 0 Å². The van der Waals surface area contributed by atoms with Gasteiger partial charge in [0.15, 0.2) is 0 Å². The molecule has 0 aliphatic rings. The lowest BCUT2D eigenvalue weighted by Gasteiger charge is -2.22. The molecular formula is C18H23FN2O4. The summed E-state index contributed by atoms with van der Waals surface area (Å²) in [5, 5.41) is 5.11. The molecule has 0 bridgehead atoms. The van der Waals surface area contributed by atoms with Crippen LogP contribution < -0.4 is 10.6 Å². The Morgan fingerprint density at radius 3 is 2.20 bits per heavy atom. The number of hydrogen-bond donors (Lipinski definition) is 2. The molecule has 136 valence electrons. The Morgan fingerprint density at radius 1 is 1.12 bits per heavy atom. The minimum atomic E-state index is -0.903. The van der Waals surface area contributed by atoms with Crippen LogP contribution in [0.4, 0.5) is 4.39 Å². The van der Waals surface area contributed by atoms with Crippen LogP contribution in [0.25, 0.3) is 0 Å². The SMILES string of the molecule is C=C(C)C[C@H](NC(=O)[C@@H](Cc1ccc(F)cc1)NC(C)=O)C(=O)OC. The number of nitrogens with one attached hydrogen (secondary N) is 2. The Kier molecular flexibility index (Phi) is 7.78. The smallest absolute Gasteiger partial charge is 0.328 e. The van der Waals surface area contributed by atoms with Crippen LogP contribution in [0.2, 0.25) is 0 Å². The highest BCUT2D eigenvalue weighted by molar-refractivity contribution is 5.90. The summed E-state index contributed by atoms with van der Waals surface area (Å²) in [5.41, 5.74) is 1.37. The first-order valence-electron chi connectivity index (χ1n) is 7.77. The third-order valence-electron chi connectivity index (χ3n) is 3.40. The van der Waals surface area contributed by atoms with Crippen molar-refractivity contribution in [3.8, 4) is 0 Å². The van der Waals surface area contributed by atoms with E-state index in [1.165, 1.54) is 38.3 Å². The van der Waals surface area contributed by atoms with E-state index in [4.69, 9.17) is 0 Å². The summed E-state index contributed by atoms with van der Waals surface area (Å²) in [6.07, 6.45) is 0.383. The van der Waals surface area contributed by atoms with E-state index in [2.05, 4.69) is 21.9 Å². The average Bonchev–Trinajstić information content (AvgIpc) is 2.54. The molecule has 0 aromatic heterocycles. The van der Waals surface area contributed by atoms with Gasteiger partial charge < -0.3 is 15.4 Å². The van der Waals surface area contributed by atoms with Gasteiger partial charge in [-0.25, -0.2) is 9.18 Å². The molecular weight excluding hydrogens is 327 g/mol. The van der Waals surface area contributed by atoms with E-state index >= 15 is 0 Å². The molecule has 2 N–H and O–H groups in total. The van der Waals surface area contributed by atoms with Gasteiger partial charge in [0.25, 0.3) is 0 Å². The van der Waals surface area contributed by atoms with Crippen molar-refractivity contribution in [2.75, 3.05) is 7.11 Å². The van der Waals surface area contributed by atoms with Crippen molar-refractivity contribution in [1.29, 1.82) is 0 Å². The van der Waals surface area contributed by atoms with Gasteiger partial charge in [-0.15, -0.1) is 6.58 Å². The molecule has 25 heavy (non-hydrogen) atoms. The molecule has 2 amide bonds. The third-order valence-corrected chi connectivity index (χ3v) is 3.40. The van der Waals surface area contributed by atoms with Gasteiger partial charge in [0, 0.05) is 13.3 Å². The van der Waals surface area contributed by atoms with E-state index in [0.29, 0.717) is 11.1 Å². The molecule has 1 aromatic rings. The lowest BCUT2D eigenvalue weighted by molar-refractivity contribution is -0.145. The summed E-state index contributed by atoms with van der Waals surface area (Å²) in [6.45, 7) is 6.74. The van der Waals surface area contributed by atoms with E-state index in [1.807, 2.05) is 0 Å². The van der Waals surface area contributed by atoms with Gasteiger partial charge in [0.05, 0.1) is 7.11 Å². The minimum Gasteiger partial charge on any atom is -0.467 e. The van der Waals surface area contributed by atoms with Crippen LogP contribution in [-0.4, -0.2) is 37.0 Å². The normalized spacial score (nSPS) is 12.6. The molecule has 2 atom stereocenters. The molecule has 0 aliphatic heterocycles. The molecule has 1 rings (SSSR count). The number of benzene rings is 1. The number of rotatable bonds is 8. The number of halogens is 1. The molecule has 0 heterocycles. The molecule has 0 saturated carbocycles. The van der Waals surface area contributed by atoms with Gasteiger partial charge in [0.1, 0.15) is 17.9 Å². The van der Waals surface area contributed by atoms with Crippen LogP contribution in [0.3, 0.4) is 0 Å². The fourth-order valence-corrected chi connectivity index (χ4v) is 2.27. The summed E-state index contributed by atoms with van der Waals surface area (Å²) >= 11 is 0. The van der Waals surface area contributed by atoms with Gasteiger partial charge in [-0.2, -0.15) is 0 Å². The maximum absolute atomic E-state index is 13.0. The van der Waals surface area contributed by atoms with Crippen LogP contribution in [0, 0.1) is 5.82 Å². The first kappa shape index (κ1) is 20.3. The second kappa shape index (κ2) is 9.56. The Labute approximate surface area is 146 Å². The zero-order valence-electron chi connectivity index (χ0n) is 14.6. The van der Waals surface area contributed by atoms with Gasteiger partial charge >= 0.3 is 5.97 Å². The predicted octanol–water partition coefficient (Wildman–Crippen LogP) is 1.50. The van der Waals surface area contributed by atoms with E-state index in [1.54, 1.807) is 6.92 Å². The van der Waals surface area contributed by atoms with E-state index in [-0.39, 0.29) is 12.8 Å². The third kappa shape index (κ3) is 7.15. The zero-order chi connectivity index (χ0) is 19.0. The van der Waals surface area contributed by atoms with Crippen molar-refractivity contribution in [2.24, 2.45) is 0 Å². The molecule has 0 fully saturated rings. The predicted molar refractivity (Wildman–Crippen MR) is 91.1 cm³/mol. The number of hydrogen-bond acceptors (Lipinski definition) is 4. The van der Waals surface area contributed by atoms with Crippen molar-refractivity contribution >= 4 is 17.8 Å². The lowest BCUT2D eigenvalue weighted by Crippen LogP contribution is -2.52. The molecule has 0 saturated heterocycles. The summed E-state index contributed by atoms with van der Waals surface area (Å²) in [7, 11) is 1.23. The number of carbonyl (C=O) groups excluding carboxylic acids is 3. The van der Waals surface area contributed by atoms with Crippen molar-refractivity contribution in [2.45, 2.75) is 38.8 Å². The van der Waals surface area contributed by atoms with Crippen molar-refractivity contribution in [3.05, 3.63) is 47.8 Å². The highest BCUT2D eigenvalue weighted by Gasteiger charge is 2.27. The second-order valence-electron chi connectivity index (χ2n) is 5.83. The van der Waals surface area contributed by atoms with Crippen molar-refractivity contribution in [1.82, 2.24) is 10.6 Å². The van der Waals surface area contributed by atoms with Crippen LogP contribution in [0.1, 0.15) is 25.8 Å². The van der Waals surface area contributed by atoms with Gasteiger partial charge in [0.2, 0.25) is 11.8 Å². The van der Waals surface area contributed by atoms with Crippen LogP contribution in [0.15, 0.2) is 36.4 Å². The first-order valence-corrected chi connectivity index (χ1v) is 7.77. The molecule has 0 radical (unpaired) electrons. The number of ether oxygens (including phenoxy) is 1. The molecule has 7 heteroatoms. The van der Waals surface area contributed by atoms with E-state index in [0.717, 1.165) is 0 Å². The standard InChI is InChI=1S/C18H23FN2O4/c1-11(2)9-16(18(24)25-4)21-17(23)15(20-12(3)22)10-13-5-7-14(19)8-6-13/h5-8,15-16H,1,9-10H2,2-4H3,(H,20,22)(H,21,23)/t15-,16+/m1/s1. The Hall–Kier alpha value is -2.70. The first-order chi connectivity index (χ1) is 11.7. The molecule has 0 aliphatic carbocycles. The molecule has 6 nitrogen and oxygen atoms in total. The lowest BCUT2D eigenvalue weighted by atomic mass is 10.0. The van der Waals surface area contributed by atoms with Crippen molar-refractivity contribution in [3.63, 3.8) is 0 Å². The summed E-state index contributed by atoms with van der Waals surface area (Å²) in [5.74, 6) is -1.91. The minimum absolute atomic E-state index is 0.159. The average molecular weight is 350 g/mol. The van der Waals surface area contributed by atoms with Gasteiger partial charge in [-0.05, 0) is 31.0 Å². The zero-order valence-corrected chi connectivity index (χ0v) is 14.6. The Morgan fingerprint density at radius 2 is 1.72 bits per heavy atom. The largest absolute Gasteiger partial charge is 0.467 e. The number of methoxy groups -OCH3 is 1. The Bertz CT molecular complexity index is 643.